The molecule has 0 heterocycles. The predicted octanol–water partition coefficient (Wildman–Crippen LogP) is 3.18. The quantitative estimate of drug-likeness (QED) is 0.301. The summed E-state index contributed by atoms with van der Waals surface area (Å²) in [6.07, 6.45) is 14.6. The predicted molar refractivity (Wildman–Crippen MR) is 96.2 cm³/mol. The molecule has 1 aromatic carbocycles. The first-order chi connectivity index (χ1) is 12.7. The van der Waals surface area contributed by atoms with Gasteiger partial charge in [-0.15, -0.1) is 0 Å². The SMILES string of the molecule is CN(C)c1ccc(/C=C/C=C/C(=O)[C]2[CH][CH][CH][CH]2)cc1.[99Tc+7].[C-]#[O+].[C-]#[O+].[C-]#[O+]. The van der Waals surface area contributed by atoms with Gasteiger partial charge in [0.15, 0.2) is 5.78 Å². The van der Waals surface area contributed by atoms with Crippen molar-refractivity contribution in [1.29, 1.82) is 0 Å². The van der Waals surface area contributed by atoms with E-state index in [0.717, 1.165) is 11.5 Å². The van der Waals surface area contributed by atoms with Crippen molar-refractivity contribution in [2.45, 2.75) is 0 Å². The average Bonchev–Trinajstić information content (AvgIpc) is 3.25. The van der Waals surface area contributed by atoms with E-state index < -0.39 is 0 Å². The van der Waals surface area contributed by atoms with E-state index in [1.54, 1.807) is 12.2 Å². The maximum atomic E-state index is 11.7. The molecular formula is C21H18NO4Tc+7. The minimum atomic E-state index is 0. The number of allylic oxidation sites excluding steroid dienone is 3. The first-order valence-electron chi connectivity index (χ1n) is 7.16. The molecule has 1 aliphatic carbocycles. The van der Waals surface area contributed by atoms with Gasteiger partial charge in [0.25, 0.3) is 0 Å². The summed E-state index contributed by atoms with van der Waals surface area (Å²) in [7, 11) is 4.03. The molecule has 6 heteroatoms. The second-order valence-corrected chi connectivity index (χ2v) is 4.74. The van der Waals surface area contributed by atoms with Gasteiger partial charge in [0.2, 0.25) is 0 Å². The van der Waals surface area contributed by atoms with Crippen LogP contribution in [0.15, 0.2) is 42.5 Å². The van der Waals surface area contributed by atoms with E-state index in [4.69, 9.17) is 14.0 Å². The summed E-state index contributed by atoms with van der Waals surface area (Å²) in [6.45, 7) is 13.5. The fourth-order valence-electron chi connectivity index (χ4n) is 1.83. The summed E-state index contributed by atoms with van der Waals surface area (Å²) in [5, 5.41) is 0. The summed E-state index contributed by atoms with van der Waals surface area (Å²) in [5.74, 6) is 0.757. The van der Waals surface area contributed by atoms with E-state index in [-0.39, 0.29) is 25.9 Å². The molecule has 1 saturated carbocycles. The van der Waals surface area contributed by atoms with Crippen molar-refractivity contribution in [2.24, 2.45) is 0 Å². The minimum absolute atomic E-state index is 0. The van der Waals surface area contributed by atoms with Crippen molar-refractivity contribution in [3.63, 3.8) is 0 Å². The molecule has 0 aliphatic heterocycles. The molecule has 2 rings (SSSR count). The molecule has 0 N–H and O–H groups in total. The Kier molecular flexibility index (Phi) is 22.5. The van der Waals surface area contributed by atoms with Gasteiger partial charge in [-0.05, 0) is 49.5 Å². The molecule has 0 atom stereocenters. The molecule has 0 bridgehead atoms. The van der Waals surface area contributed by atoms with Gasteiger partial charge in [-0.2, -0.15) is 0 Å². The van der Waals surface area contributed by atoms with Gasteiger partial charge >= 0.3 is 54.0 Å². The summed E-state index contributed by atoms with van der Waals surface area (Å²) in [4.78, 5) is 13.8. The summed E-state index contributed by atoms with van der Waals surface area (Å²) in [5.41, 5.74) is 2.28. The van der Waals surface area contributed by atoms with E-state index in [0.29, 0.717) is 0 Å². The number of carbonyl (C=O) groups is 1. The first kappa shape index (κ1) is 29.8. The molecule has 0 amide bonds. The fourth-order valence-corrected chi connectivity index (χ4v) is 1.83. The van der Waals surface area contributed by atoms with Crippen LogP contribution in [-0.4, -0.2) is 19.9 Å². The Hall–Kier alpha value is -1.96. The number of anilines is 1. The topological polar surface area (TPSA) is 80.0 Å². The van der Waals surface area contributed by atoms with Crippen LogP contribution in [0.25, 0.3) is 6.08 Å². The average molecular weight is 447 g/mol. The van der Waals surface area contributed by atoms with Crippen LogP contribution >= 0.6 is 0 Å². The molecule has 1 aromatic rings. The van der Waals surface area contributed by atoms with Crippen LogP contribution in [0.3, 0.4) is 0 Å². The molecule has 5 nitrogen and oxygen atoms in total. The van der Waals surface area contributed by atoms with E-state index in [9.17, 15) is 4.79 Å². The zero-order valence-electron chi connectivity index (χ0n) is 14.9. The van der Waals surface area contributed by atoms with Crippen LogP contribution in [0.4, 0.5) is 5.69 Å². The second kappa shape index (κ2) is 20.4. The Morgan fingerprint density at radius 3 is 1.81 bits per heavy atom. The molecule has 0 aromatic heterocycles. The van der Waals surface area contributed by atoms with Crippen molar-refractivity contribution >= 4 is 17.5 Å². The molecule has 0 unspecified atom stereocenters. The van der Waals surface area contributed by atoms with Crippen molar-refractivity contribution < 1.29 is 38.9 Å². The van der Waals surface area contributed by atoms with Gasteiger partial charge in [0.05, 0.1) is 5.92 Å². The van der Waals surface area contributed by atoms with Crippen molar-refractivity contribution in [3.8, 4) is 0 Å². The van der Waals surface area contributed by atoms with E-state index >= 15 is 0 Å². The number of ketones is 1. The normalized spacial score (nSPS) is 12.3. The number of hydrogen-bond donors (Lipinski definition) is 0. The Bertz CT molecular complexity index is 608. The summed E-state index contributed by atoms with van der Waals surface area (Å²) < 4.78 is 22.5. The molecule has 131 valence electrons. The molecule has 0 saturated heterocycles. The van der Waals surface area contributed by atoms with Crippen LogP contribution in [0.2, 0.25) is 0 Å². The van der Waals surface area contributed by atoms with E-state index in [1.807, 2.05) is 51.9 Å². The van der Waals surface area contributed by atoms with Gasteiger partial charge in [-0.25, -0.2) is 0 Å². The monoisotopic (exact) mass is 447 g/mol. The van der Waals surface area contributed by atoms with Gasteiger partial charge in [-0.3, -0.25) is 4.79 Å². The number of nitrogens with zero attached hydrogens (tertiary/aromatic N) is 1. The summed E-state index contributed by atoms with van der Waals surface area (Å²) >= 11 is 0. The van der Waals surface area contributed by atoms with Gasteiger partial charge in [0.1, 0.15) is 0 Å². The van der Waals surface area contributed by atoms with E-state index in [2.05, 4.69) is 49.1 Å². The van der Waals surface area contributed by atoms with Crippen molar-refractivity contribution in [3.05, 3.63) is 99.6 Å². The van der Waals surface area contributed by atoms with Gasteiger partial charge in [-0.1, -0.05) is 30.4 Å². The van der Waals surface area contributed by atoms with Crippen LogP contribution < -0.4 is 4.90 Å². The molecule has 0 spiro atoms. The molecule has 1 aliphatic rings. The standard InChI is InChI=1S/C18H18NO.3CO.Tc/c1-19(2)17-13-11-15(12-14-17)7-3-6-10-18(20)16-8-4-5-9-16;3*1-2;/h3-14H,1-2H3;;;;/q;;;;+7/b7-3+,10-6+;;;;/i;;;;1+1. The summed E-state index contributed by atoms with van der Waals surface area (Å²) in [6, 6.07) is 8.24. The van der Waals surface area contributed by atoms with Crippen molar-refractivity contribution in [2.75, 3.05) is 19.0 Å². The van der Waals surface area contributed by atoms with Crippen LogP contribution in [0.5, 0.6) is 0 Å². The Morgan fingerprint density at radius 1 is 0.889 bits per heavy atom. The second-order valence-electron chi connectivity index (χ2n) is 4.74. The van der Waals surface area contributed by atoms with Crippen molar-refractivity contribution in [1.82, 2.24) is 0 Å². The number of benzene rings is 1. The Labute approximate surface area is 175 Å². The number of rotatable bonds is 5. The Morgan fingerprint density at radius 2 is 1.37 bits per heavy atom. The Balaban J connectivity index is -0.000000749. The zero-order chi connectivity index (χ0) is 20.4. The van der Waals surface area contributed by atoms with Crippen LogP contribution in [0, 0.1) is 51.6 Å². The van der Waals surface area contributed by atoms with E-state index in [1.165, 1.54) is 5.69 Å². The van der Waals surface area contributed by atoms with Crippen LogP contribution in [-0.2, 0) is 38.9 Å². The first-order valence-corrected chi connectivity index (χ1v) is 7.16. The third-order valence-electron chi connectivity index (χ3n) is 3.00. The van der Waals surface area contributed by atoms with Gasteiger partial charge < -0.3 is 4.90 Å². The third kappa shape index (κ3) is 12.9. The van der Waals surface area contributed by atoms with Crippen LogP contribution in [0.1, 0.15) is 5.56 Å². The molecule has 27 heavy (non-hydrogen) atoms. The third-order valence-corrected chi connectivity index (χ3v) is 3.00. The number of carbonyl (C=O) groups excluding carboxylic acids is 1. The maximum absolute atomic E-state index is 11.7. The number of hydrogen-bond acceptors (Lipinski definition) is 2. The molecule has 1 fully saturated rings. The zero-order valence-corrected chi connectivity index (χ0v) is 16.7. The van der Waals surface area contributed by atoms with Gasteiger partial charge in [0, 0.05) is 19.8 Å². The molecule has 5 radical (unpaired) electrons. The fraction of sp³-hybridized carbons (Fsp3) is 0.0952. The molecular weight excluding hydrogens is 429 g/mol.